The highest BCUT2D eigenvalue weighted by Crippen LogP contribution is 2.46. The SMILES string of the molecule is COc1ccc(-c2c(C3CCCC3)oc3ncnc(O[C@H](C)CCCCC(=O)OC(C)(C)C)c23)cc1. The topological polar surface area (TPSA) is 83.7 Å². The molecule has 194 valence electrons. The van der Waals surface area contributed by atoms with Crippen molar-refractivity contribution in [1.29, 1.82) is 0 Å². The highest BCUT2D eigenvalue weighted by atomic mass is 16.6. The van der Waals surface area contributed by atoms with E-state index in [9.17, 15) is 4.79 Å². The van der Waals surface area contributed by atoms with E-state index in [1.807, 2.05) is 39.8 Å². The molecule has 1 aliphatic rings. The summed E-state index contributed by atoms with van der Waals surface area (Å²) in [5.41, 5.74) is 2.17. The normalized spacial score (nSPS) is 15.2. The fourth-order valence-corrected chi connectivity index (χ4v) is 4.88. The summed E-state index contributed by atoms with van der Waals surface area (Å²) in [5.74, 6) is 2.54. The third kappa shape index (κ3) is 6.37. The average molecular weight is 495 g/mol. The summed E-state index contributed by atoms with van der Waals surface area (Å²) in [7, 11) is 1.67. The van der Waals surface area contributed by atoms with Crippen molar-refractivity contribution < 1.29 is 23.4 Å². The van der Waals surface area contributed by atoms with E-state index in [1.54, 1.807) is 7.11 Å². The third-order valence-electron chi connectivity index (χ3n) is 6.56. The second kappa shape index (κ2) is 11.3. The number of unbranched alkanes of at least 4 members (excludes halogenated alkanes) is 1. The van der Waals surface area contributed by atoms with Crippen molar-refractivity contribution in [2.75, 3.05) is 7.11 Å². The van der Waals surface area contributed by atoms with Gasteiger partial charge in [-0.2, -0.15) is 0 Å². The monoisotopic (exact) mass is 494 g/mol. The maximum Gasteiger partial charge on any atom is 0.306 e. The number of esters is 1. The number of hydrogen-bond acceptors (Lipinski definition) is 7. The summed E-state index contributed by atoms with van der Waals surface area (Å²) in [4.78, 5) is 20.9. The number of methoxy groups -OCH3 is 1. The number of carbonyl (C=O) groups excluding carboxylic acids is 1. The average Bonchev–Trinajstić information content (AvgIpc) is 3.49. The van der Waals surface area contributed by atoms with E-state index in [1.165, 1.54) is 19.2 Å². The van der Waals surface area contributed by atoms with E-state index in [0.29, 0.717) is 23.9 Å². The Morgan fingerprint density at radius 3 is 2.50 bits per heavy atom. The van der Waals surface area contributed by atoms with Crippen molar-refractivity contribution in [2.24, 2.45) is 0 Å². The minimum Gasteiger partial charge on any atom is -0.497 e. The number of rotatable bonds is 10. The minimum absolute atomic E-state index is 0.0738. The molecule has 1 aromatic carbocycles. The molecule has 3 aromatic rings. The fourth-order valence-electron chi connectivity index (χ4n) is 4.88. The van der Waals surface area contributed by atoms with Gasteiger partial charge in [-0.1, -0.05) is 25.0 Å². The Morgan fingerprint density at radius 2 is 1.83 bits per heavy atom. The van der Waals surface area contributed by atoms with Crippen LogP contribution in [0, 0.1) is 0 Å². The van der Waals surface area contributed by atoms with E-state index in [-0.39, 0.29) is 12.1 Å². The standard InChI is InChI=1S/C29H38N2O5/c1-19(10-6-9-13-23(32)36-29(2,3)4)34-27-25-24(20-14-16-22(33-5)17-15-20)26(21-11-7-8-12-21)35-28(25)31-18-30-27/h14-19,21H,6-13H2,1-5H3/t19-/m1/s1. The maximum absolute atomic E-state index is 12.0. The molecular formula is C29H38N2O5. The third-order valence-corrected chi connectivity index (χ3v) is 6.56. The van der Waals surface area contributed by atoms with E-state index in [2.05, 4.69) is 22.1 Å². The summed E-state index contributed by atoms with van der Waals surface area (Å²) < 4.78 is 23.5. The summed E-state index contributed by atoms with van der Waals surface area (Å²) >= 11 is 0. The van der Waals surface area contributed by atoms with Crippen molar-refractivity contribution in [3.63, 3.8) is 0 Å². The molecule has 0 radical (unpaired) electrons. The van der Waals surface area contributed by atoms with Crippen LogP contribution in [0.1, 0.15) is 90.7 Å². The van der Waals surface area contributed by atoms with Crippen molar-refractivity contribution in [3.05, 3.63) is 36.4 Å². The van der Waals surface area contributed by atoms with Gasteiger partial charge in [-0.15, -0.1) is 0 Å². The lowest BCUT2D eigenvalue weighted by atomic mass is 9.95. The summed E-state index contributed by atoms with van der Waals surface area (Å²) in [5, 5.41) is 0.824. The Labute approximate surface area is 213 Å². The van der Waals surface area contributed by atoms with Gasteiger partial charge in [0, 0.05) is 17.9 Å². The highest BCUT2D eigenvalue weighted by Gasteiger charge is 2.29. The van der Waals surface area contributed by atoms with Crippen LogP contribution < -0.4 is 9.47 Å². The Kier molecular flexibility index (Phi) is 8.17. The van der Waals surface area contributed by atoms with Crippen LogP contribution in [0.15, 0.2) is 35.0 Å². The number of fused-ring (bicyclic) bond motifs is 1. The van der Waals surface area contributed by atoms with Gasteiger partial charge in [-0.25, -0.2) is 9.97 Å². The van der Waals surface area contributed by atoms with Gasteiger partial charge in [-0.05, 0) is 77.5 Å². The van der Waals surface area contributed by atoms with E-state index < -0.39 is 5.60 Å². The summed E-state index contributed by atoms with van der Waals surface area (Å²) in [6, 6.07) is 8.03. The molecule has 1 saturated carbocycles. The molecule has 7 heteroatoms. The highest BCUT2D eigenvalue weighted by molar-refractivity contribution is 5.97. The zero-order chi connectivity index (χ0) is 25.7. The zero-order valence-corrected chi connectivity index (χ0v) is 22.1. The van der Waals surface area contributed by atoms with Gasteiger partial charge in [0.15, 0.2) is 0 Å². The molecule has 0 N–H and O–H groups in total. The predicted octanol–water partition coefficient (Wildman–Crippen LogP) is 7.23. The quantitative estimate of drug-likeness (QED) is 0.217. The number of benzene rings is 1. The largest absolute Gasteiger partial charge is 0.497 e. The number of furan rings is 1. The van der Waals surface area contributed by atoms with Crippen molar-refractivity contribution in [2.45, 2.75) is 96.7 Å². The van der Waals surface area contributed by atoms with Gasteiger partial charge in [0.05, 0.1) is 13.2 Å². The first-order valence-electron chi connectivity index (χ1n) is 13.1. The molecule has 36 heavy (non-hydrogen) atoms. The molecule has 1 aliphatic carbocycles. The number of hydrogen-bond donors (Lipinski definition) is 0. The second-order valence-corrected chi connectivity index (χ2v) is 10.7. The van der Waals surface area contributed by atoms with E-state index in [0.717, 1.165) is 60.1 Å². The zero-order valence-electron chi connectivity index (χ0n) is 22.1. The molecule has 0 amide bonds. The molecule has 0 spiro atoms. The molecule has 7 nitrogen and oxygen atoms in total. The molecule has 0 bridgehead atoms. The lowest BCUT2D eigenvalue weighted by Gasteiger charge is -2.19. The van der Waals surface area contributed by atoms with E-state index in [4.69, 9.17) is 18.6 Å². The maximum atomic E-state index is 12.0. The number of nitrogens with zero attached hydrogens (tertiary/aromatic N) is 2. The van der Waals surface area contributed by atoms with Crippen molar-refractivity contribution in [3.8, 4) is 22.8 Å². The van der Waals surface area contributed by atoms with Gasteiger partial charge in [-0.3, -0.25) is 4.79 Å². The number of carbonyl (C=O) groups is 1. The van der Waals surface area contributed by atoms with Crippen LogP contribution in [0.2, 0.25) is 0 Å². The molecule has 1 fully saturated rings. The van der Waals surface area contributed by atoms with Crippen LogP contribution in [0.25, 0.3) is 22.2 Å². The summed E-state index contributed by atoms with van der Waals surface area (Å²) in [6.07, 6.45) is 8.91. The van der Waals surface area contributed by atoms with Gasteiger partial charge in [0.1, 0.15) is 28.8 Å². The van der Waals surface area contributed by atoms with Crippen LogP contribution >= 0.6 is 0 Å². The Hall–Kier alpha value is -3.09. The van der Waals surface area contributed by atoms with Crippen LogP contribution in [0.4, 0.5) is 0 Å². The lowest BCUT2D eigenvalue weighted by Crippen LogP contribution is -2.23. The van der Waals surface area contributed by atoms with Gasteiger partial charge in [0.25, 0.3) is 0 Å². The Bertz CT molecular complexity index is 1160. The van der Waals surface area contributed by atoms with Crippen LogP contribution in [0.5, 0.6) is 11.6 Å². The minimum atomic E-state index is -0.449. The van der Waals surface area contributed by atoms with E-state index >= 15 is 0 Å². The first kappa shape index (κ1) is 26.0. The van der Waals surface area contributed by atoms with Crippen LogP contribution in [0.3, 0.4) is 0 Å². The van der Waals surface area contributed by atoms with Crippen molar-refractivity contribution in [1.82, 2.24) is 9.97 Å². The fraction of sp³-hybridized carbons (Fsp3) is 0.552. The first-order valence-corrected chi connectivity index (χ1v) is 13.1. The van der Waals surface area contributed by atoms with Crippen LogP contribution in [-0.2, 0) is 9.53 Å². The molecule has 2 aromatic heterocycles. The molecule has 0 unspecified atom stereocenters. The first-order chi connectivity index (χ1) is 17.2. The molecule has 0 aliphatic heterocycles. The van der Waals surface area contributed by atoms with Gasteiger partial charge < -0.3 is 18.6 Å². The molecule has 0 saturated heterocycles. The van der Waals surface area contributed by atoms with Gasteiger partial charge in [0.2, 0.25) is 11.6 Å². The van der Waals surface area contributed by atoms with Gasteiger partial charge >= 0.3 is 5.97 Å². The molecule has 4 rings (SSSR count). The molecule has 2 heterocycles. The molecular weight excluding hydrogens is 456 g/mol. The lowest BCUT2D eigenvalue weighted by molar-refractivity contribution is -0.154. The number of ether oxygens (including phenoxy) is 3. The van der Waals surface area contributed by atoms with Crippen LogP contribution in [-0.4, -0.2) is 34.8 Å². The molecule has 1 atom stereocenters. The second-order valence-electron chi connectivity index (χ2n) is 10.7. The Morgan fingerprint density at radius 1 is 1.11 bits per heavy atom. The Balaban J connectivity index is 1.53. The number of aromatic nitrogens is 2. The van der Waals surface area contributed by atoms with Crippen molar-refractivity contribution >= 4 is 17.1 Å². The summed E-state index contributed by atoms with van der Waals surface area (Å²) in [6.45, 7) is 7.69. The predicted molar refractivity (Wildman–Crippen MR) is 139 cm³/mol. The smallest absolute Gasteiger partial charge is 0.306 e.